The monoisotopic (exact) mass is 904 g/mol. The fraction of sp³-hybridized carbons (Fsp3) is 0.378. The standard InChI is InChI=1S/C45H51N3O13S2/c1-31-38(60-39-29-33(46(24-26-58-3)25-27-59-4)16-18-35(39)44(31)32-11-6-5-7-12-32)13-8-14-40-45(2,22-9-15-43(51)61-48-41(49)20-21-42(48)50)36-30-34(63(55,56)57)17-19-37(36)47(40)23-10-28-62(52,53)54/h5-8,11-14,16-19,29-30H,9-10,15,20-28H2,1-4H3,(H-,52,53,54,55,56,57)/p-1. The van der Waals surface area contributed by atoms with Gasteiger partial charge in [-0.2, -0.15) is 0 Å². The lowest BCUT2D eigenvalue weighted by atomic mass is 9.77. The molecule has 16 nitrogen and oxygen atoms in total. The largest absolute Gasteiger partial charge is 0.748 e. The van der Waals surface area contributed by atoms with Crippen LogP contribution in [0.15, 0.2) is 93.9 Å². The van der Waals surface area contributed by atoms with Gasteiger partial charge in [-0.05, 0) is 86.2 Å². The molecular formula is C45H50N3O13S2-. The third kappa shape index (κ3) is 11.0. The third-order valence-corrected chi connectivity index (χ3v) is 12.9. The van der Waals surface area contributed by atoms with Crippen LogP contribution in [0.1, 0.15) is 62.3 Å². The van der Waals surface area contributed by atoms with E-state index in [0.29, 0.717) is 59.8 Å². The summed E-state index contributed by atoms with van der Waals surface area (Å²) in [5, 5.41) is 1.36. The van der Waals surface area contributed by atoms with Crippen LogP contribution in [0.3, 0.4) is 0 Å². The highest BCUT2D eigenvalue weighted by Gasteiger charge is 2.43. The molecule has 0 bridgehead atoms. The number of rotatable bonds is 19. The number of nitrogens with zero attached hydrogens (tertiary/aromatic N) is 3. The van der Waals surface area contributed by atoms with Gasteiger partial charge in [-0.3, -0.25) is 9.59 Å². The average Bonchev–Trinajstić information content (AvgIpc) is 3.67. The highest BCUT2D eigenvalue weighted by molar-refractivity contribution is 7.86. The number of anilines is 1. The number of carbonyl (C=O) groups excluding carboxylic acids is 3. The quantitative estimate of drug-likeness (QED) is 0.0708. The normalized spacial score (nSPS) is 17.4. The van der Waals surface area contributed by atoms with Crippen molar-refractivity contribution in [2.75, 3.05) is 57.7 Å². The number of methoxy groups -OCH3 is 2. The number of ether oxygens (including phenoxy) is 2. The maximum absolute atomic E-state index is 12.9. The molecule has 18 heteroatoms. The van der Waals surface area contributed by atoms with Crippen molar-refractivity contribution in [3.8, 4) is 22.5 Å². The van der Waals surface area contributed by atoms with Crippen molar-refractivity contribution >= 4 is 49.8 Å². The molecule has 4 aliphatic rings. The first-order valence-corrected chi connectivity index (χ1v) is 23.4. The molecule has 2 aromatic rings. The highest BCUT2D eigenvalue weighted by atomic mass is 32.2. The van der Waals surface area contributed by atoms with Gasteiger partial charge in [-0.1, -0.05) is 36.4 Å². The number of hydroxylamine groups is 2. The summed E-state index contributed by atoms with van der Waals surface area (Å²) in [4.78, 5) is 43.4. The summed E-state index contributed by atoms with van der Waals surface area (Å²) in [5.74, 6) is -1.62. The van der Waals surface area contributed by atoms with Gasteiger partial charge in [0.25, 0.3) is 11.8 Å². The second-order valence-electron chi connectivity index (χ2n) is 15.5. The Hall–Kier alpha value is -5.50. The summed E-state index contributed by atoms with van der Waals surface area (Å²) >= 11 is 0. The minimum absolute atomic E-state index is 0.0252. The van der Waals surface area contributed by atoms with Crippen LogP contribution >= 0.6 is 0 Å². The van der Waals surface area contributed by atoms with Crippen molar-refractivity contribution in [3.05, 3.63) is 107 Å². The van der Waals surface area contributed by atoms with Crippen molar-refractivity contribution in [3.63, 3.8) is 0 Å². The summed E-state index contributed by atoms with van der Waals surface area (Å²) in [6, 6.07) is 19.8. The van der Waals surface area contributed by atoms with Gasteiger partial charge >= 0.3 is 5.97 Å². The summed E-state index contributed by atoms with van der Waals surface area (Å²) in [5.41, 5.74) is 3.96. The van der Waals surface area contributed by atoms with E-state index in [1.54, 1.807) is 44.3 Å². The number of fused-ring (bicyclic) bond motifs is 2. The smallest absolute Gasteiger partial charge is 0.333 e. The van der Waals surface area contributed by atoms with E-state index in [0.717, 1.165) is 27.6 Å². The second kappa shape index (κ2) is 19.9. The molecule has 3 heterocycles. The van der Waals surface area contributed by atoms with E-state index < -0.39 is 54.1 Å². The van der Waals surface area contributed by atoms with Crippen molar-refractivity contribution in [1.29, 1.82) is 0 Å². The van der Waals surface area contributed by atoms with Crippen LogP contribution in [0.4, 0.5) is 5.69 Å². The van der Waals surface area contributed by atoms with E-state index in [1.165, 1.54) is 18.2 Å². The van der Waals surface area contributed by atoms with Crippen molar-refractivity contribution in [2.24, 2.45) is 0 Å². The Kier molecular flexibility index (Phi) is 14.8. The third-order valence-electron chi connectivity index (χ3n) is 11.3. The van der Waals surface area contributed by atoms with E-state index in [4.69, 9.17) is 18.7 Å². The number of hydrogen-bond acceptors (Lipinski definition) is 14. The maximum atomic E-state index is 12.9. The molecule has 1 saturated heterocycles. The minimum atomic E-state index is -4.92. The Morgan fingerprint density at radius 3 is 2.24 bits per heavy atom. The maximum Gasteiger partial charge on any atom is 0.333 e. The molecule has 336 valence electrons. The fourth-order valence-corrected chi connectivity index (χ4v) is 9.12. The van der Waals surface area contributed by atoms with Gasteiger partial charge in [0.1, 0.15) is 34.9 Å². The molecule has 0 saturated carbocycles. The molecule has 1 aliphatic carbocycles. The molecule has 1 unspecified atom stereocenters. The van der Waals surface area contributed by atoms with Gasteiger partial charge in [0, 0.05) is 79.8 Å². The number of amides is 2. The molecule has 1 atom stereocenters. The van der Waals surface area contributed by atoms with Crippen LogP contribution in [-0.4, -0.2) is 102 Å². The van der Waals surface area contributed by atoms with Crippen molar-refractivity contribution in [1.82, 2.24) is 9.64 Å². The molecule has 6 rings (SSSR count). The predicted molar refractivity (Wildman–Crippen MR) is 231 cm³/mol. The van der Waals surface area contributed by atoms with E-state index in [-0.39, 0.29) is 45.1 Å². The van der Waals surface area contributed by atoms with Crippen LogP contribution in [0.2, 0.25) is 0 Å². The number of hydrogen-bond donors (Lipinski definition) is 0. The minimum Gasteiger partial charge on any atom is -0.748 e. The molecule has 0 spiro atoms. The van der Waals surface area contributed by atoms with Gasteiger partial charge in [-0.25, -0.2) is 26.2 Å². The zero-order chi connectivity index (χ0) is 45.5. The van der Waals surface area contributed by atoms with Gasteiger partial charge in [0.15, 0.2) is 13.1 Å². The Bertz CT molecular complexity index is 2670. The van der Waals surface area contributed by atoms with Crippen LogP contribution in [0.25, 0.3) is 28.5 Å². The Morgan fingerprint density at radius 2 is 1.60 bits per heavy atom. The lowest BCUT2D eigenvalue weighted by Crippen LogP contribution is -2.35. The molecule has 0 radical (unpaired) electrons. The summed E-state index contributed by atoms with van der Waals surface area (Å²) in [7, 11) is -6.22. The summed E-state index contributed by atoms with van der Waals surface area (Å²) in [6.45, 7) is 6.00. The molecular weight excluding hydrogens is 855 g/mol. The first-order chi connectivity index (χ1) is 29.9. The summed E-state index contributed by atoms with van der Waals surface area (Å²) < 4.78 is 91.6. The van der Waals surface area contributed by atoms with E-state index in [9.17, 15) is 40.3 Å². The summed E-state index contributed by atoms with van der Waals surface area (Å²) in [6.07, 6.45) is 5.14. The first-order valence-electron chi connectivity index (χ1n) is 20.4. The number of benzene rings is 3. The fourth-order valence-electron chi connectivity index (χ4n) is 8.14. The van der Waals surface area contributed by atoms with Crippen LogP contribution < -0.4 is 14.8 Å². The molecule has 63 heavy (non-hydrogen) atoms. The van der Waals surface area contributed by atoms with Crippen molar-refractivity contribution in [2.45, 2.75) is 62.7 Å². The Balaban J connectivity index is 1.46. The van der Waals surface area contributed by atoms with Crippen molar-refractivity contribution < 1.29 is 59.1 Å². The lowest BCUT2D eigenvalue weighted by molar-refractivity contribution is -0.197. The van der Waals surface area contributed by atoms with Gasteiger partial charge in [-0.15, -0.1) is 5.06 Å². The van der Waals surface area contributed by atoms with Crippen LogP contribution in [0.5, 0.6) is 0 Å². The van der Waals surface area contributed by atoms with Gasteiger partial charge in [0.2, 0.25) is 5.36 Å². The second-order valence-corrected chi connectivity index (χ2v) is 18.4. The number of imide groups is 1. The van der Waals surface area contributed by atoms with E-state index in [1.807, 2.05) is 55.5 Å². The van der Waals surface area contributed by atoms with Crippen LogP contribution in [0, 0.1) is 6.92 Å². The zero-order valence-electron chi connectivity index (χ0n) is 35.5. The first kappa shape index (κ1) is 47.0. The molecule has 3 aliphatic heterocycles. The highest BCUT2D eigenvalue weighted by Crippen LogP contribution is 2.51. The Labute approximate surface area is 366 Å². The SMILES string of the molecule is COCC[N+](CCOC)=c1ccc2c(-c3ccccc3)c(C)c(/C=C/C=C3/N(CCCS(=O)(=O)[O-])c4ccc(S(=O)(=O)[O-])cc4C3(C)CCCC(=O)ON3C(=O)CCC3=O)oc-2c1. The van der Waals surface area contributed by atoms with E-state index >= 15 is 0 Å². The molecule has 0 aromatic heterocycles. The average molecular weight is 905 g/mol. The molecule has 2 aromatic carbocycles. The van der Waals surface area contributed by atoms with E-state index in [2.05, 4.69) is 4.58 Å². The zero-order valence-corrected chi connectivity index (χ0v) is 37.2. The Morgan fingerprint density at radius 1 is 0.921 bits per heavy atom. The molecule has 0 N–H and O–H groups in total. The topological polar surface area (TPSA) is 216 Å². The van der Waals surface area contributed by atoms with Crippen LogP contribution in [-0.2, 0) is 54.3 Å². The molecule has 2 amide bonds. The molecule has 1 fully saturated rings. The number of carbonyl (C=O) groups is 3. The van der Waals surface area contributed by atoms with Gasteiger partial charge in [0.05, 0.1) is 21.1 Å². The predicted octanol–water partition coefficient (Wildman–Crippen LogP) is 4.72. The number of allylic oxidation sites excluding steroid dienone is 3. The lowest BCUT2D eigenvalue weighted by Gasteiger charge is -2.30. The van der Waals surface area contributed by atoms with Gasteiger partial charge < -0.3 is 32.7 Å².